The first-order valence-electron chi connectivity index (χ1n) is 10.7. The second-order valence-corrected chi connectivity index (χ2v) is 8.01. The van der Waals surface area contributed by atoms with E-state index in [1.165, 1.54) is 0 Å². The fraction of sp³-hybridized carbons (Fsp3) is 0.800. The van der Waals surface area contributed by atoms with Crippen molar-refractivity contribution < 1.29 is 39.6 Å². The van der Waals surface area contributed by atoms with Gasteiger partial charge in [-0.15, -0.1) is 0 Å². The van der Waals surface area contributed by atoms with Gasteiger partial charge in [-0.2, -0.15) is 0 Å². The van der Waals surface area contributed by atoms with E-state index in [0.717, 1.165) is 6.54 Å². The van der Waals surface area contributed by atoms with E-state index in [-0.39, 0.29) is 38.1 Å². The highest BCUT2D eigenvalue weighted by Crippen LogP contribution is 2.14. The molecular formula is C20H38N4O8. The normalized spacial score (nSPS) is 20.4. The van der Waals surface area contributed by atoms with Gasteiger partial charge < -0.3 is 20.4 Å². The Hall–Kier alpha value is -2.28. The van der Waals surface area contributed by atoms with E-state index in [0.29, 0.717) is 45.8 Å². The standard InChI is InChI=1S/C19H36N4O6.CH2O2/c1-4-23-10-9-21(13-18(26)27)6-5-20(12-17(24)25)7-8-22(14-19(28)29)11-16(23)15(2)3;2-1-3/h15-16H,4-14H2,1-3H3,(H,24,25)(H,26,27)(H,28,29);1H,(H,2,3). The van der Waals surface area contributed by atoms with E-state index in [1.54, 1.807) is 4.90 Å². The molecule has 32 heavy (non-hydrogen) atoms. The second kappa shape index (κ2) is 16.4. The Kier molecular flexibility index (Phi) is 15.2. The highest BCUT2D eigenvalue weighted by molar-refractivity contribution is 5.69. The van der Waals surface area contributed by atoms with Crippen LogP contribution in [0.5, 0.6) is 0 Å². The summed E-state index contributed by atoms with van der Waals surface area (Å²) in [6.07, 6.45) is 0. The van der Waals surface area contributed by atoms with Gasteiger partial charge in [0.25, 0.3) is 6.47 Å². The molecule has 0 aromatic heterocycles. The SMILES string of the molecule is CCN1CCN(CC(=O)O)CCN(CC(=O)O)CCN(CC(=O)O)CC1C(C)C.O=CO. The number of nitrogens with zero attached hydrogens (tertiary/aromatic N) is 4. The summed E-state index contributed by atoms with van der Waals surface area (Å²) in [5.74, 6) is -2.47. The topological polar surface area (TPSA) is 162 Å². The Morgan fingerprint density at radius 2 is 1.16 bits per heavy atom. The van der Waals surface area contributed by atoms with Crippen LogP contribution in [0.2, 0.25) is 0 Å². The maximum Gasteiger partial charge on any atom is 0.317 e. The van der Waals surface area contributed by atoms with Gasteiger partial charge in [0.1, 0.15) is 0 Å². The summed E-state index contributed by atoms with van der Waals surface area (Å²) in [6, 6.07) is 0.123. The highest BCUT2D eigenvalue weighted by Gasteiger charge is 2.26. The van der Waals surface area contributed by atoms with Crippen molar-refractivity contribution in [1.29, 1.82) is 0 Å². The molecule has 0 aliphatic carbocycles. The molecule has 1 rings (SSSR count). The predicted octanol–water partition coefficient (Wildman–Crippen LogP) is -0.793. The van der Waals surface area contributed by atoms with E-state index in [1.807, 2.05) is 9.80 Å². The number of aliphatic carboxylic acids is 3. The van der Waals surface area contributed by atoms with Crippen LogP contribution in [0.3, 0.4) is 0 Å². The molecule has 0 amide bonds. The van der Waals surface area contributed by atoms with Crippen LogP contribution in [0.1, 0.15) is 20.8 Å². The van der Waals surface area contributed by atoms with Gasteiger partial charge in [0.2, 0.25) is 0 Å². The molecule has 1 atom stereocenters. The zero-order valence-corrected chi connectivity index (χ0v) is 19.2. The number of hydrogen-bond acceptors (Lipinski definition) is 8. The first-order valence-corrected chi connectivity index (χ1v) is 10.7. The molecule has 0 aromatic carbocycles. The maximum atomic E-state index is 11.3. The lowest BCUT2D eigenvalue weighted by Crippen LogP contribution is -2.53. The van der Waals surface area contributed by atoms with Crippen LogP contribution in [-0.4, -0.2) is 142 Å². The molecule has 1 fully saturated rings. The van der Waals surface area contributed by atoms with Crippen molar-refractivity contribution in [2.75, 3.05) is 72.0 Å². The van der Waals surface area contributed by atoms with Crippen LogP contribution in [0.25, 0.3) is 0 Å². The van der Waals surface area contributed by atoms with E-state index < -0.39 is 17.9 Å². The van der Waals surface area contributed by atoms with Crippen LogP contribution in [0, 0.1) is 5.92 Å². The maximum absolute atomic E-state index is 11.3. The smallest absolute Gasteiger partial charge is 0.317 e. The lowest BCUT2D eigenvalue weighted by molar-refractivity contribution is -0.140. The van der Waals surface area contributed by atoms with Crippen molar-refractivity contribution >= 4 is 24.4 Å². The van der Waals surface area contributed by atoms with Gasteiger partial charge >= 0.3 is 17.9 Å². The van der Waals surface area contributed by atoms with Gasteiger partial charge in [-0.3, -0.25) is 38.8 Å². The molecule has 12 heteroatoms. The monoisotopic (exact) mass is 462 g/mol. The number of rotatable bonds is 8. The third kappa shape index (κ3) is 13.2. The van der Waals surface area contributed by atoms with Crippen molar-refractivity contribution in [3.8, 4) is 0 Å². The van der Waals surface area contributed by atoms with Gasteiger partial charge in [0.05, 0.1) is 19.6 Å². The van der Waals surface area contributed by atoms with Crippen LogP contribution >= 0.6 is 0 Å². The summed E-state index contributed by atoms with van der Waals surface area (Å²) in [5, 5.41) is 34.6. The minimum Gasteiger partial charge on any atom is -0.483 e. The largest absolute Gasteiger partial charge is 0.483 e. The highest BCUT2D eigenvalue weighted by atomic mass is 16.4. The summed E-state index contributed by atoms with van der Waals surface area (Å²) >= 11 is 0. The number of carboxylic acids is 3. The summed E-state index contributed by atoms with van der Waals surface area (Å²) in [4.78, 5) is 49.9. The molecule has 1 heterocycles. The molecule has 0 bridgehead atoms. The Morgan fingerprint density at radius 3 is 1.50 bits per heavy atom. The molecule has 4 N–H and O–H groups in total. The molecular weight excluding hydrogens is 424 g/mol. The second-order valence-electron chi connectivity index (χ2n) is 8.01. The lowest BCUT2D eigenvalue weighted by Gasteiger charge is -2.39. The van der Waals surface area contributed by atoms with E-state index in [2.05, 4.69) is 25.7 Å². The Bertz CT molecular complexity index is 590. The molecule has 1 unspecified atom stereocenters. The third-order valence-electron chi connectivity index (χ3n) is 5.33. The van der Waals surface area contributed by atoms with E-state index in [9.17, 15) is 29.7 Å². The quantitative estimate of drug-likeness (QED) is 0.333. The Morgan fingerprint density at radius 1 is 0.812 bits per heavy atom. The number of likely N-dealkylation sites (N-methyl/N-ethyl adjacent to an activating group) is 1. The molecule has 12 nitrogen and oxygen atoms in total. The van der Waals surface area contributed by atoms with Crippen LogP contribution in [-0.2, 0) is 19.2 Å². The molecule has 0 saturated carbocycles. The molecule has 1 saturated heterocycles. The average Bonchev–Trinajstić information content (AvgIpc) is 2.67. The number of hydrogen-bond donors (Lipinski definition) is 4. The zero-order chi connectivity index (χ0) is 24.7. The molecule has 0 spiro atoms. The zero-order valence-electron chi connectivity index (χ0n) is 19.2. The minimum absolute atomic E-state index is 0.0874. The lowest BCUT2D eigenvalue weighted by atomic mass is 10.0. The van der Waals surface area contributed by atoms with Crippen molar-refractivity contribution in [2.45, 2.75) is 26.8 Å². The van der Waals surface area contributed by atoms with E-state index in [4.69, 9.17) is 9.90 Å². The first kappa shape index (κ1) is 29.7. The molecule has 1 aliphatic rings. The van der Waals surface area contributed by atoms with Gasteiger partial charge in [-0.25, -0.2) is 0 Å². The Balaban J connectivity index is 0.00000302. The van der Waals surface area contributed by atoms with Gasteiger partial charge in [-0.1, -0.05) is 20.8 Å². The van der Waals surface area contributed by atoms with Gasteiger partial charge in [-0.05, 0) is 12.5 Å². The summed E-state index contributed by atoms with van der Waals surface area (Å²) in [6.45, 7) is 9.98. The molecule has 0 radical (unpaired) electrons. The fourth-order valence-electron chi connectivity index (χ4n) is 3.76. The number of carboxylic acid groups (broad SMARTS) is 4. The molecule has 1 aliphatic heterocycles. The van der Waals surface area contributed by atoms with E-state index >= 15 is 0 Å². The minimum atomic E-state index is -0.955. The van der Waals surface area contributed by atoms with Crippen LogP contribution < -0.4 is 0 Å². The summed E-state index contributed by atoms with van der Waals surface area (Å²) in [7, 11) is 0. The third-order valence-corrected chi connectivity index (χ3v) is 5.33. The number of carbonyl (C=O) groups is 4. The van der Waals surface area contributed by atoms with Crippen molar-refractivity contribution in [3.05, 3.63) is 0 Å². The summed E-state index contributed by atoms with van der Waals surface area (Å²) in [5.41, 5.74) is 0. The van der Waals surface area contributed by atoms with Crippen LogP contribution in [0.15, 0.2) is 0 Å². The first-order chi connectivity index (χ1) is 15.0. The van der Waals surface area contributed by atoms with Gasteiger partial charge in [0, 0.05) is 51.9 Å². The van der Waals surface area contributed by atoms with Crippen LogP contribution in [0.4, 0.5) is 0 Å². The van der Waals surface area contributed by atoms with Gasteiger partial charge in [0.15, 0.2) is 0 Å². The predicted molar refractivity (Wildman–Crippen MR) is 117 cm³/mol. The fourth-order valence-corrected chi connectivity index (χ4v) is 3.76. The van der Waals surface area contributed by atoms with Crippen molar-refractivity contribution in [1.82, 2.24) is 19.6 Å². The molecule has 186 valence electrons. The van der Waals surface area contributed by atoms with Crippen molar-refractivity contribution in [3.63, 3.8) is 0 Å². The Labute approximate surface area is 189 Å². The molecule has 0 aromatic rings. The van der Waals surface area contributed by atoms with Crippen molar-refractivity contribution in [2.24, 2.45) is 5.92 Å². The summed E-state index contributed by atoms with van der Waals surface area (Å²) < 4.78 is 0. The average molecular weight is 463 g/mol.